The van der Waals surface area contributed by atoms with Crippen molar-refractivity contribution in [3.8, 4) is 5.75 Å². The Kier molecular flexibility index (Phi) is 4.31. The second-order valence-electron chi connectivity index (χ2n) is 3.65. The average Bonchev–Trinajstić information content (AvgIpc) is 2.29. The number of benzene rings is 1. The van der Waals surface area contributed by atoms with E-state index in [4.69, 9.17) is 15.6 Å². The van der Waals surface area contributed by atoms with Gasteiger partial charge in [-0.15, -0.1) is 0 Å². The molecule has 0 aliphatic heterocycles. The maximum Gasteiger partial charge on any atom is 0.308 e. The van der Waals surface area contributed by atoms with Crippen molar-refractivity contribution < 1.29 is 14.6 Å². The van der Waals surface area contributed by atoms with E-state index in [1.807, 2.05) is 6.92 Å². The number of methoxy groups -OCH3 is 1. The highest BCUT2D eigenvalue weighted by Crippen LogP contribution is 2.24. The number of carbonyl (C=O) groups is 1. The van der Waals surface area contributed by atoms with E-state index in [9.17, 15) is 4.79 Å². The summed E-state index contributed by atoms with van der Waals surface area (Å²) in [7, 11) is 1.58. The van der Waals surface area contributed by atoms with Crippen LogP contribution < -0.4 is 10.5 Å². The Labute approximate surface area is 95.0 Å². The van der Waals surface area contributed by atoms with Crippen LogP contribution in [0.5, 0.6) is 5.75 Å². The number of ether oxygens (including phenoxy) is 1. The predicted octanol–water partition coefficient (Wildman–Crippen LogP) is 1.81. The van der Waals surface area contributed by atoms with Crippen LogP contribution in [0.25, 0.3) is 0 Å². The Morgan fingerprint density at radius 3 is 2.38 bits per heavy atom. The second kappa shape index (κ2) is 5.51. The minimum absolute atomic E-state index is 0.478. The molecule has 4 heteroatoms. The molecule has 0 fully saturated rings. The zero-order chi connectivity index (χ0) is 12.1. The van der Waals surface area contributed by atoms with Crippen molar-refractivity contribution in [3.63, 3.8) is 0 Å². The van der Waals surface area contributed by atoms with E-state index < -0.39 is 17.9 Å². The van der Waals surface area contributed by atoms with Gasteiger partial charge in [0.15, 0.2) is 0 Å². The van der Waals surface area contributed by atoms with Crippen molar-refractivity contribution in [2.75, 3.05) is 7.11 Å². The van der Waals surface area contributed by atoms with Crippen molar-refractivity contribution in [2.24, 2.45) is 11.7 Å². The van der Waals surface area contributed by atoms with E-state index >= 15 is 0 Å². The van der Waals surface area contributed by atoms with Crippen molar-refractivity contribution in [3.05, 3.63) is 29.8 Å². The lowest BCUT2D eigenvalue weighted by Crippen LogP contribution is -2.27. The largest absolute Gasteiger partial charge is 0.497 e. The van der Waals surface area contributed by atoms with Gasteiger partial charge in [-0.1, -0.05) is 19.1 Å². The first-order valence-electron chi connectivity index (χ1n) is 5.22. The molecule has 1 rings (SSSR count). The fourth-order valence-corrected chi connectivity index (χ4v) is 1.64. The molecule has 0 amide bonds. The Bertz CT molecular complexity index is 348. The first kappa shape index (κ1) is 12.5. The Hall–Kier alpha value is -1.55. The highest BCUT2D eigenvalue weighted by atomic mass is 16.5. The summed E-state index contributed by atoms with van der Waals surface area (Å²) in [5.41, 5.74) is 6.74. The van der Waals surface area contributed by atoms with Gasteiger partial charge < -0.3 is 15.6 Å². The van der Waals surface area contributed by atoms with E-state index in [2.05, 4.69) is 0 Å². The topological polar surface area (TPSA) is 72.5 Å². The first-order chi connectivity index (χ1) is 7.60. The van der Waals surface area contributed by atoms with E-state index in [1.54, 1.807) is 31.4 Å². The van der Waals surface area contributed by atoms with Gasteiger partial charge in [0.05, 0.1) is 13.0 Å². The minimum Gasteiger partial charge on any atom is -0.497 e. The number of hydrogen-bond acceptors (Lipinski definition) is 3. The average molecular weight is 223 g/mol. The van der Waals surface area contributed by atoms with Crippen LogP contribution in [0, 0.1) is 5.92 Å². The third-order valence-corrected chi connectivity index (χ3v) is 2.69. The molecular formula is C12H17NO3. The summed E-state index contributed by atoms with van der Waals surface area (Å²) >= 11 is 0. The molecule has 1 aromatic carbocycles. The van der Waals surface area contributed by atoms with Crippen molar-refractivity contribution in [1.29, 1.82) is 0 Å². The first-order valence-corrected chi connectivity index (χ1v) is 5.22. The molecule has 0 aromatic heterocycles. The highest BCUT2D eigenvalue weighted by Gasteiger charge is 2.24. The summed E-state index contributed by atoms with van der Waals surface area (Å²) in [6, 6.07) is 6.69. The van der Waals surface area contributed by atoms with Crippen molar-refractivity contribution in [1.82, 2.24) is 0 Å². The fraction of sp³-hybridized carbons (Fsp3) is 0.417. The molecule has 0 saturated carbocycles. The highest BCUT2D eigenvalue weighted by molar-refractivity contribution is 5.71. The number of carboxylic acids is 1. The molecule has 16 heavy (non-hydrogen) atoms. The zero-order valence-electron chi connectivity index (χ0n) is 9.51. The van der Waals surface area contributed by atoms with Crippen molar-refractivity contribution >= 4 is 5.97 Å². The number of hydrogen-bond donors (Lipinski definition) is 2. The maximum absolute atomic E-state index is 11.0. The van der Waals surface area contributed by atoms with Gasteiger partial charge in [-0.3, -0.25) is 4.79 Å². The molecule has 0 saturated heterocycles. The lowest BCUT2D eigenvalue weighted by molar-refractivity contribution is -0.142. The van der Waals surface area contributed by atoms with Crippen LogP contribution in [0.2, 0.25) is 0 Å². The van der Waals surface area contributed by atoms with E-state index in [0.29, 0.717) is 6.42 Å². The molecule has 2 unspecified atom stereocenters. The smallest absolute Gasteiger partial charge is 0.308 e. The van der Waals surface area contributed by atoms with Gasteiger partial charge in [0.25, 0.3) is 0 Å². The van der Waals surface area contributed by atoms with Gasteiger partial charge in [-0.05, 0) is 24.1 Å². The lowest BCUT2D eigenvalue weighted by atomic mass is 9.92. The molecule has 1 aromatic rings. The SMILES string of the molecule is CCC(C(=O)O)C(N)c1ccc(OC)cc1. The van der Waals surface area contributed by atoms with Crippen molar-refractivity contribution in [2.45, 2.75) is 19.4 Å². The van der Waals surface area contributed by atoms with Crippen LogP contribution in [0.3, 0.4) is 0 Å². The van der Waals surface area contributed by atoms with E-state index in [0.717, 1.165) is 11.3 Å². The molecule has 88 valence electrons. The maximum atomic E-state index is 11.0. The zero-order valence-corrected chi connectivity index (χ0v) is 9.51. The van der Waals surface area contributed by atoms with Crippen LogP contribution in [0.4, 0.5) is 0 Å². The third-order valence-electron chi connectivity index (χ3n) is 2.69. The van der Waals surface area contributed by atoms with Gasteiger partial charge >= 0.3 is 5.97 Å². The Morgan fingerprint density at radius 1 is 1.44 bits per heavy atom. The quantitative estimate of drug-likeness (QED) is 0.798. The second-order valence-corrected chi connectivity index (χ2v) is 3.65. The lowest BCUT2D eigenvalue weighted by Gasteiger charge is -2.19. The number of carboxylic acid groups (broad SMARTS) is 1. The molecule has 3 N–H and O–H groups in total. The summed E-state index contributed by atoms with van der Waals surface area (Å²) in [6.07, 6.45) is 0.516. The molecule has 0 aliphatic carbocycles. The number of rotatable bonds is 5. The normalized spacial score (nSPS) is 14.2. The summed E-state index contributed by atoms with van der Waals surface area (Å²) in [5.74, 6) is -0.668. The molecule has 0 spiro atoms. The van der Waals surface area contributed by atoms with Gasteiger partial charge in [0.2, 0.25) is 0 Å². The van der Waals surface area contributed by atoms with Crippen LogP contribution in [0.1, 0.15) is 24.9 Å². The fourth-order valence-electron chi connectivity index (χ4n) is 1.64. The van der Waals surface area contributed by atoms with Crippen LogP contribution in [-0.4, -0.2) is 18.2 Å². The molecule has 0 heterocycles. The monoisotopic (exact) mass is 223 g/mol. The van der Waals surface area contributed by atoms with Gasteiger partial charge in [-0.25, -0.2) is 0 Å². The van der Waals surface area contributed by atoms with E-state index in [-0.39, 0.29) is 0 Å². The molecule has 2 atom stereocenters. The Morgan fingerprint density at radius 2 is 2.00 bits per heavy atom. The van der Waals surface area contributed by atoms with Crippen LogP contribution in [-0.2, 0) is 4.79 Å². The van der Waals surface area contributed by atoms with E-state index in [1.165, 1.54) is 0 Å². The number of aliphatic carboxylic acids is 1. The summed E-state index contributed by atoms with van der Waals surface area (Å²) in [4.78, 5) is 11.0. The standard InChI is InChI=1S/C12H17NO3/c1-3-10(12(14)15)11(13)8-4-6-9(16-2)7-5-8/h4-7,10-11H,3,13H2,1-2H3,(H,14,15). The molecular weight excluding hydrogens is 206 g/mol. The summed E-state index contributed by atoms with van der Waals surface area (Å²) < 4.78 is 5.03. The van der Waals surface area contributed by atoms with Crippen LogP contribution in [0.15, 0.2) is 24.3 Å². The van der Waals surface area contributed by atoms with Gasteiger partial charge in [0, 0.05) is 6.04 Å². The molecule has 0 bridgehead atoms. The third kappa shape index (κ3) is 2.73. The Balaban J connectivity index is 2.86. The van der Waals surface area contributed by atoms with Crippen LogP contribution >= 0.6 is 0 Å². The summed E-state index contributed by atoms with van der Waals surface area (Å²) in [5, 5.41) is 9.00. The predicted molar refractivity (Wildman–Crippen MR) is 61.3 cm³/mol. The molecule has 0 aliphatic rings. The minimum atomic E-state index is -0.856. The summed E-state index contributed by atoms with van der Waals surface area (Å²) in [6.45, 7) is 1.82. The number of nitrogens with two attached hydrogens (primary N) is 1. The van der Waals surface area contributed by atoms with Gasteiger partial charge in [-0.2, -0.15) is 0 Å². The molecule has 0 radical (unpaired) electrons. The van der Waals surface area contributed by atoms with Gasteiger partial charge in [0.1, 0.15) is 5.75 Å². The molecule has 4 nitrogen and oxygen atoms in total.